The molecule has 0 bridgehead atoms. The summed E-state index contributed by atoms with van der Waals surface area (Å²) in [5.74, 6) is -1.40. The van der Waals surface area contributed by atoms with E-state index in [1.54, 1.807) is 0 Å². The average Bonchev–Trinajstić information content (AvgIpc) is 3.41. The molecule has 13 nitrogen and oxygen atoms in total. The molecule has 2 amide bonds. The second-order valence-electron chi connectivity index (χ2n) is 6.13. The highest BCUT2D eigenvalue weighted by atomic mass is 32.2. The number of tetrazole rings is 1. The Balaban J connectivity index is 1.43. The van der Waals surface area contributed by atoms with Crippen molar-refractivity contribution >= 4 is 52.6 Å². The molecule has 4 heterocycles. The largest absolute Gasteiger partial charge is 0.477 e. The lowest BCUT2D eigenvalue weighted by Crippen LogP contribution is -2.70. The molecule has 0 unspecified atom stereocenters. The van der Waals surface area contributed by atoms with Gasteiger partial charge in [-0.1, -0.05) is 23.1 Å². The van der Waals surface area contributed by atoms with E-state index >= 15 is 0 Å². The summed E-state index contributed by atoms with van der Waals surface area (Å²) in [6, 6.07) is -0.808. The van der Waals surface area contributed by atoms with Crippen LogP contribution >= 0.6 is 34.9 Å². The number of β-lactam (4-membered cyclic amide) rings is 1. The zero-order valence-corrected chi connectivity index (χ0v) is 17.5. The monoisotopic (exact) mass is 470 g/mol. The first-order valence-corrected chi connectivity index (χ1v) is 11.3. The number of aliphatic hydroxyl groups is 1. The van der Waals surface area contributed by atoms with Gasteiger partial charge in [0.05, 0.1) is 6.61 Å². The lowest BCUT2D eigenvalue weighted by Gasteiger charge is -2.49. The number of hydrogen-bond donors (Lipinski definition) is 3. The van der Waals surface area contributed by atoms with Crippen LogP contribution in [0.3, 0.4) is 0 Å². The first kappa shape index (κ1) is 20.7. The number of amides is 2. The average molecular weight is 471 g/mol. The smallest absolute Gasteiger partial charge is 0.352 e. The molecule has 2 atom stereocenters. The van der Waals surface area contributed by atoms with Crippen molar-refractivity contribution in [3.8, 4) is 0 Å². The number of rotatable bonds is 8. The van der Waals surface area contributed by atoms with Gasteiger partial charge < -0.3 is 15.5 Å². The third-order valence-corrected chi connectivity index (χ3v) is 7.68. The van der Waals surface area contributed by atoms with Crippen LogP contribution in [0.25, 0.3) is 0 Å². The minimum absolute atomic E-state index is 0.0610. The highest BCUT2D eigenvalue weighted by molar-refractivity contribution is 8.01. The number of carbonyl (C=O) groups excluding carboxylic acids is 2. The van der Waals surface area contributed by atoms with Gasteiger partial charge in [0.25, 0.3) is 5.91 Å². The number of hydrogen-bond acceptors (Lipinski definition) is 12. The van der Waals surface area contributed by atoms with Gasteiger partial charge in [0.2, 0.25) is 5.91 Å². The van der Waals surface area contributed by atoms with E-state index in [0.29, 0.717) is 26.4 Å². The van der Waals surface area contributed by atoms with Crippen LogP contribution in [0.4, 0.5) is 0 Å². The summed E-state index contributed by atoms with van der Waals surface area (Å²) in [4.78, 5) is 37.8. The Hall–Kier alpha value is -2.56. The molecule has 1 saturated heterocycles. The molecule has 2 aromatic rings. The van der Waals surface area contributed by atoms with Gasteiger partial charge in [-0.3, -0.25) is 14.5 Å². The molecule has 4 rings (SSSR count). The molecule has 158 valence electrons. The number of aromatic nitrogens is 6. The number of carboxylic acid groups (broad SMARTS) is 1. The molecule has 0 aliphatic carbocycles. The van der Waals surface area contributed by atoms with E-state index in [-0.39, 0.29) is 18.8 Å². The van der Waals surface area contributed by atoms with Crippen LogP contribution in [-0.2, 0) is 27.5 Å². The molecule has 3 N–H and O–H groups in total. The molecule has 0 saturated carbocycles. The Bertz CT molecular complexity index is 1010. The summed E-state index contributed by atoms with van der Waals surface area (Å²) >= 11 is 3.91. The van der Waals surface area contributed by atoms with E-state index in [0.717, 1.165) is 0 Å². The first-order chi connectivity index (χ1) is 14.5. The number of thioether (sulfide) groups is 2. The molecular weight excluding hydrogens is 456 g/mol. The maximum absolute atomic E-state index is 12.6. The van der Waals surface area contributed by atoms with Crippen LogP contribution in [0.1, 0.15) is 5.01 Å². The molecule has 2 aliphatic rings. The fourth-order valence-electron chi connectivity index (χ4n) is 2.92. The van der Waals surface area contributed by atoms with E-state index in [1.165, 1.54) is 50.8 Å². The van der Waals surface area contributed by atoms with Crippen LogP contribution in [0.15, 0.2) is 21.9 Å². The molecule has 2 aliphatic heterocycles. The number of aliphatic carboxylic acids is 1. The Morgan fingerprint density at radius 2 is 2.20 bits per heavy atom. The van der Waals surface area contributed by atoms with Crippen molar-refractivity contribution in [3.63, 3.8) is 0 Å². The van der Waals surface area contributed by atoms with E-state index in [2.05, 4.69) is 31.0 Å². The molecule has 16 heteroatoms. The van der Waals surface area contributed by atoms with Gasteiger partial charge in [-0.25, -0.2) is 9.48 Å². The number of fused-ring (bicyclic) bond motifs is 1. The van der Waals surface area contributed by atoms with Gasteiger partial charge in [-0.2, -0.15) is 0 Å². The third-order valence-electron chi connectivity index (χ3n) is 4.22. The predicted molar refractivity (Wildman–Crippen MR) is 104 cm³/mol. The fraction of sp³-hybridized carbons (Fsp3) is 0.429. The highest BCUT2D eigenvalue weighted by Gasteiger charge is 2.54. The number of carboxylic acids is 1. The second kappa shape index (κ2) is 8.66. The Morgan fingerprint density at radius 3 is 2.87 bits per heavy atom. The van der Waals surface area contributed by atoms with Gasteiger partial charge in [0.1, 0.15) is 35.0 Å². The molecule has 0 radical (unpaired) electrons. The second-order valence-corrected chi connectivity index (χ2v) is 9.52. The minimum Gasteiger partial charge on any atom is -0.477 e. The van der Waals surface area contributed by atoms with E-state index < -0.39 is 29.2 Å². The van der Waals surface area contributed by atoms with Gasteiger partial charge in [0, 0.05) is 11.5 Å². The number of aliphatic hydroxyl groups excluding tert-OH is 1. The number of nitrogens with one attached hydrogen (secondary N) is 1. The van der Waals surface area contributed by atoms with Crippen molar-refractivity contribution < 1.29 is 24.6 Å². The van der Waals surface area contributed by atoms with Gasteiger partial charge in [-0.05, 0) is 16.0 Å². The van der Waals surface area contributed by atoms with E-state index in [9.17, 15) is 19.5 Å². The van der Waals surface area contributed by atoms with Crippen molar-refractivity contribution in [2.75, 3.05) is 11.5 Å². The van der Waals surface area contributed by atoms with E-state index in [1.807, 2.05) is 0 Å². The zero-order valence-electron chi connectivity index (χ0n) is 15.0. The zero-order chi connectivity index (χ0) is 21.3. The standard InChI is InChI=1S/C14H14N8O5S3/c23-2-8-17-18-14(30-8)29-4-6-3-28-12-9(11(25)22(12)10(6)13(26)27)16-7(24)1-21-5-15-19-20-21/h5,9,12,23H,1-4H2,(H,16,24)(H,26,27)/t9-,12-/m1/s1. The number of carbonyl (C=O) groups is 3. The minimum atomic E-state index is -1.20. The summed E-state index contributed by atoms with van der Waals surface area (Å²) in [5, 5.41) is 39.5. The van der Waals surface area contributed by atoms with Crippen LogP contribution in [-0.4, -0.2) is 86.2 Å². The Kier molecular flexibility index (Phi) is 5.98. The molecule has 2 aromatic heterocycles. The van der Waals surface area contributed by atoms with Gasteiger partial charge in [-0.15, -0.1) is 27.1 Å². The summed E-state index contributed by atoms with van der Waals surface area (Å²) < 4.78 is 1.82. The lowest BCUT2D eigenvalue weighted by atomic mass is 10.0. The predicted octanol–water partition coefficient (Wildman–Crippen LogP) is -1.45. The SMILES string of the molecule is O=C(Cn1cnnn1)N[C@@H]1C(=O)N2C(C(=O)O)=C(CSc3nnc(CO)s3)CS[C@H]12. The van der Waals surface area contributed by atoms with Crippen LogP contribution in [0, 0.1) is 0 Å². The Labute approximate surface area is 180 Å². The van der Waals surface area contributed by atoms with Crippen molar-refractivity contribution in [1.82, 2.24) is 40.6 Å². The van der Waals surface area contributed by atoms with Gasteiger partial charge in [0.15, 0.2) is 4.34 Å². The summed E-state index contributed by atoms with van der Waals surface area (Å²) in [5.41, 5.74) is 0.524. The molecule has 0 aromatic carbocycles. The van der Waals surface area contributed by atoms with E-state index in [4.69, 9.17) is 5.11 Å². The topological polar surface area (TPSA) is 176 Å². The molecule has 0 spiro atoms. The highest BCUT2D eigenvalue weighted by Crippen LogP contribution is 2.41. The first-order valence-electron chi connectivity index (χ1n) is 8.44. The summed E-state index contributed by atoms with van der Waals surface area (Å²) in [6.45, 7) is -0.350. The molecular formula is C14H14N8O5S3. The van der Waals surface area contributed by atoms with Crippen LogP contribution < -0.4 is 5.32 Å². The lowest BCUT2D eigenvalue weighted by molar-refractivity contribution is -0.150. The maximum atomic E-state index is 12.6. The molecule has 1 fully saturated rings. The summed E-state index contributed by atoms with van der Waals surface area (Å²) in [6.07, 6.45) is 1.28. The van der Waals surface area contributed by atoms with Crippen LogP contribution in [0.5, 0.6) is 0 Å². The normalized spacial score (nSPS) is 20.7. The van der Waals surface area contributed by atoms with Crippen molar-refractivity contribution in [2.24, 2.45) is 0 Å². The maximum Gasteiger partial charge on any atom is 0.352 e. The molecule has 30 heavy (non-hydrogen) atoms. The van der Waals surface area contributed by atoms with Crippen molar-refractivity contribution in [3.05, 3.63) is 22.6 Å². The van der Waals surface area contributed by atoms with Crippen molar-refractivity contribution in [1.29, 1.82) is 0 Å². The summed E-state index contributed by atoms with van der Waals surface area (Å²) in [7, 11) is 0. The Morgan fingerprint density at radius 1 is 1.37 bits per heavy atom. The fourth-order valence-corrected chi connectivity index (χ4v) is 6.16. The van der Waals surface area contributed by atoms with Crippen LogP contribution in [0.2, 0.25) is 0 Å². The quantitative estimate of drug-likeness (QED) is 0.302. The number of nitrogens with zero attached hydrogens (tertiary/aromatic N) is 7. The van der Waals surface area contributed by atoms with Crippen molar-refractivity contribution in [2.45, 2.75) is 28.9 Å². The van der Waals surface area contributed by atoms with Gasteiger partial charge >= 0.3 is 5.97 Å². The third kappa shape index (κ3) is 4.03.